The number of anilines is 1. The number of rotatable bonds is 12. The molecular weight excluding hydrogens is 599 g/mol. The van der Waals surface area contributed by atoms with Gasteiger partial charge in [0.05, 0.1) is 30.9 Å². The number of nitrogens with two attached hydrogens (primary N) is 1. The zero-order valence-corrected chi connectivity index (χ0v) is 24.7. The quantitative estimate of drug-likeness (QED) is 0.0644. The minimum Gasteiger partial charge on any atom is -0.496 e. The number of nitrogens with one attached hydrogen (secondary N) is 4. The van der Waals surface area contributed by atoms with Gasteiger partial charge in [0.1, 0.15) is 23.4 Å². The molecular formula is C30H32F3N5O7. The van der Waals surface area contributed by atoms with E-state index < -0.39 is 41.6 Å². The first-order valence-electron chi connectivity index (χ1n) is 13.5. The van der Waals surface area contributed by atoms with Gasteiger partial charge in [0.15, 0.2) is 11.5 Å². The highest BCUT2D eigenvalue weighted by molar-refractivity contribution is 6.00. The predicted octanol–water partition coefficient (Wildman–Crippen LogP) is 4.25. The monoisotopic (exact) mass is 631 g/mol. The lowest BCUT2D eigenvalue weighted by Crippen LogP contribution is -2.45. The molecule has 0 aliphatic carbocycles. The van der Waals surface area contributed by atoms with Crippen molar-refractivity contribution in [3.05, 3.63) is 77.4 Å². The number of amidine groups is 1. The third-order valence-electron chi connectivity index (χ3n) is 5.89. The summed E-state index contributed by atoms with van der Waals surface area (Å²) in [6, 6.07) is 13.1. The van der Waals surface area contributed by atoms with Crippen LogP contribution in [0.15, 0.2) is 60.7 Å². The highest BCUT2D eigenvalue weighted by Crippen LogP contribution is 2.34. The van der Waals surface area contributed by atoms with Gasteiger partial charge in [0.2, 0.25) is 0 Å². The van der Waals surface area contributed by atoms with E-state index in [4.69, 9.17) is 25.4 Å². The summed E-state index contributed by atoms with van der Waals surface area (Å²) in [4.78, 5) is 38.0. The van der Waals surface area contributed by atoms with Gasteiger partial charge >= 0.3 is 12.1 Å². The van der Waals surface area contributed by atoms with Crippen LogP contribution in [0.5, 0.6) is 23.0 Å². The molecule has 3 aromatic carbocycles. The van der Waals surface area contributed by atoms with Crippen molar-refractivity contribution in [1.29, 1.82) is 5.41 Å². The van der Waals surface area contributed by atoms with Crippen LogP contribution in [0.2, 0.25) is 0 Å². The maximum absolute atomic E-state index is 13.6. The maximum Gasteiger partial charge on any atom is 0.491 e. The first kappa shape index (κ1) is 34.0. The van der Waals surface area contributed by atoms with E-state index in [2.05, 4.69) is 20.9 Å². The number of nitrogen functional groups attached to an aromatic ring is 1. The van der Waals surface area contributed by atoms with Crippen LogP contribution >= 0.6 is 0 Å². The van der Waals surface area contributed by atoms with Crippen LogP contribution < -0.4 is 40.8 Å². The molecule has 0 radical (unpaired) electrons. The fraction of sp³-hybridized carbons (Fsp3) is 0.267. The molecule has 15 heteroatoms. The molecule has 0 fully saturated rings. The summed E-state index contributed by atoms with van der Waals surface area (Å²) < 4.78 is 60.0. The molecule has 3 aromatic rings. The van der Waals surface area contributed by atoms with Gasteiger partial charge < -0.3 is 30.0 Å². The molecule has 0 heterocycles. The van der Waals surface area contributed by atoms with Gasteiger partial charge in [0, 0.05) is 11.8 Å². The predicted molar refractivity (Wildman–Crippen MR) is 157 cm³/mol. The first-order valence-corrected chi connectivity index (χ1v) is 13.5. The van der Waals surface area contributed by atoms with Crippen LogP contribution in [-0.4, -0.2) is 49.6 Å². The van der Waals surface area contributed by atoms with E-state index in [1.807, 2.05) is 13.8 Å². The zero-order valence-electron chi connectivity index (χ0n) is 24.7. The number of methoxy groups -OCH3 is 1. The highest BCUT2D eigenvalue weighted by Gasteiger charge is 2.42. The number of ether oxygens (including phenoxy) is 4. The third kappa shape index (κ3) is 9.01. The molecule has 12 nitrogen and oxygen atoms in total. The third-order valence-corrected chi connectivity index (χ3v) is 5.89. The van der Waals surface area contributed by atoms with E-state index in [0.717, 1.165) is 12.1 Å². The fourth-order valence-electron chi connectivity index (χ4n) is 3.96. The van der Waals surface area contributed by atoms with Crippen molar-refractivity contribution in [2.45, 2.75) is 39.1 Å². The summed E-state index contributed by atoms with van der Waals surface area (Å²) in [7, 11) is 1.38. The van der Waals surface area contributed by atoms with E-state index in [-0.39, 0.29) is 35.3 Å². The van der Waals surface area contributed by atoms with Crippen molar-refractivity contribution in [2.24, 2.45) is 5.73 Å². The van der Waals surface area contributed by atoms with E-state index in [0.29, 0.717) is 17.1 Å². The van der Waals surface area contributed by atoms with E-state index in [9.17, 15) is 27.6 Å². The normalized spacial score (nSPS) is 11.6. The molecule has 0 aliphatic rings. The number of halogens is 3. The Bertz CT molecular complexity index is 1560. The number of para-hydroxylation sites is 1. The lowest BCUT2D eigenvalue weighted by atomic mass is 10.0. The van der Waals surface area contributed by atoms with Crippen LogP contribution in [-0.2, 0) is 9.59 Å². The Balaban J connectivity index is 2.01. The Hall–Kier alpha value is -5.47. The largest absolute Gasteiger partial charge is 0.496 e. The van der Waals surface area contributed by atoms with E-state index in [1.165, 1.54) is 25.3 Å². The van der Waals surface area contributed by atoms with Crippen molar-refractivity contribution in [3.63, 3.8) is 0 Å². The summed E-state index contributed by atoms with van der Waals surface area (Å²) in [5, 5.41) is 10.5. The smallest absolute Gasteiger partial charge is 0.491 e. The van der Waals surface area contributed by atoms with Gasteiger partial charge in [0.25, 0.3) is 11.8 Å². The Morgan fingerprint density at radius 1 is 0.911 bits per heavy atom. The lowest BCUT2D eigenvalue weighted by Gasteiger charge is -2.23. The standard InChI is InChI=1S/C30H32F3N5O7/c1-5-43-24-14-17(10-13-22(24)44-16(2)3)25(28(40)38-37-27(39)20-8-6-7-9-21(20)42-4)36-18-11-12-19(26(34)35)23(15-18)45-29(41)30(31,32)33/h6-16,25,36H,5H2,1-4H3,(H3,34,35)(H,37,39)(H,38,40). The SMILES string of the molecule is CCOc1cc(C(Nc2ccc(C(=N)N)c(OC(=O)C(F)(F)F)c2)C(=O)NNC(=O)c2ccccc2OC)ccc1OC(C)C. The number of carbonyl (C=O) groups excluding carboxylic acids is 3. The number of hydrogen-bond donors (Lipinski definition) is 5. The van der Waals surface area contributed by atoms with Crippen LogP contribution in [0.3, 0.4) is 0 Å². The van der Waals surface area contributed by atoms with E-state index in [1.54, 1.807) is 37.3 Å². The lowest BCUT2D eigenvalue weighted by molar-refractivity contribution is -0.189. The number of amides is 2. The van der Waals surface area contributed by atoms with Crippen molar-refractivity contribution in [2.75, 3.05) is 19.0 Å². The fourth-order valence-corrected chi connectivity index (χ4v) is 3.96. The molecule has 1 unspecified atom stereocenters. The van der Waals surface area contributed by atoms with Crippen LogP contribution in [0.4, 0.5) is 18.9 Å². The average Bonchev–Trinajstić information content (AvgIpc) is 2.98. The number of carbonyl (C=O) groups is 3. The summed E-state index contributed by atoms with van der Waals surface area (Å²) in [6.07, 6.45) is -5.52. The van der Waals surface area contributed by atoms with Crippen molar-refractivity contribution in [3.8, 4) is 23.0 Å². The number of hydrogen-bond acceptors (Lipinski definition) is 9. The van der Waals surface area contributed by atoms with Gasteiger partial charge in [-0.3, -0.25) is 25.8 Å². The number of esters is 1. The Kier molecular flexibility index (Phi) is 11.2. The molecule has 45 heavy (non-hydrogen) atoms. The Labute approximate surface area is 256 Å². The van der Waals surface area contributed by atoms with Crippen LogP contribution in [0, 0.1) is 5.41 Å². The molecule has 0 saturated heterocycles. The molecule has 0 aromatic heterocycles. The molecule has 6 N–H and O–H groups in total. The number of hydrazine groups is 1. The highest BCUT2D eigenvalue weighted by atomic mass is 19.4. The van der Waals surface area contributed by atoms with Gasteiger partial charge in [-0.2, -0.15) is 13.2 Å². The summed E-state index contributed by atoms with van der Waals surface area (Å²) in [5.74, 6) is -4.41. The molecule has 1 atom stereocenters. The minimum absolute atomic E-state index is 0.00152. The molecule has 0 aliphatic heterocycles. The Morgan fingerprint density at radius 3 is 2.24 bits per heavy atom. The van der Waals surface area contributed by atoms with Gasteiger partial charge in [-0.05, 0) is 62.7 Å². The molecule has 0 bridgehead atoms. The van der Waals surface area contributed by atoms with Crippen molar-refractivity contribution >= 4 is 29.3 Å². The topological polar surface area (TPSA) is 174 Å². The zero-order chi connectivity index (χ0) is 33.3. The first-order chi connectivity index (χ1) is 21.2. The van der Waals surface area contributed by atoms with E-state index >= 15 is 0 Å². The average molecular weight is 632 g/mol. The van der Waals surface area contributed by atoms with Gasteiger partial charge in [-0.25, -0.2) is 4.79 Å². The number of benzene rings is 3. The molecule has 3 rings (SSSR count). The number of alkyl halides is 3. The molecule has 0 spiro atoms. The summed E-state index contributed by atoms with van der Waals surface area (Å²) in [6.45, 7) is 5.65. The van der Waals surface area contributed by atoms with Crippen molar-refractivity contribution < 1.29 is 46.5 Å². The summed E-state index contributed by atoms with van der Waals surface area (Å²) in [5.41, 5.74) is 10.2. The molecule has 2 amide bonds. The van der Waals surface area contributed by atoms with Crippen molar-refractivity contribution in [1.82, 2.24) is 10.9 Å². The molecule has 0 saturated carbocycles. The molecule has 240 valence electrons. The van der Waals surface area contributed by atoms with Crippen LogP contribution in [0.25, 0.3) is 0 Å². The maximum atomic E-state index is 13.6. The second-order valence-corrected chi connectivity index (χ2v) is 9.54. The second-order valence-electron chi connectivity index (χ2n) is 9.54. The van der Waals surface area contributed by atoms with Gasteiger partial charge in [-0.15, -0.1) is 0 Å². The minimum atomic E-state index is -5.32. The van der Waals surface area contributed by atoms with Gasteiger partial charge in [-0.1, -0.05) is 18.2 Å². The second kappa shape index (κ2) is 14.8. The van der Waals surface area contributed by atoms with Crippen LogP contribution in [0.1, 0.15) is 48.3 Å². The summed E-state index contributed by atoms with van der Waals surface area (Å²) >= 11 is 0. The Morgan fingerprint density at radius 2 is 1.62 bits per heavy atom.